The molecule has 12 heavy (non-hydrogen) atoms. The van der Waals surface area contributed by atoms with Gasteiger partial charge in [0.2, 0.25) is 6.41 Å². The van der Waals surface area contributed by atoms with E-state index in [1.54, 1.807) is 24.3 Å². The summed E-state index contributed by atoms with van der Waals surface area (Å²) in [5, 5.41) is 2.52. The average Bonchev–Trinajstić information content (AvgIpc) is 2.15. The lowest BCUT2D eigenvalue weighted by Gasteiger charge is -1.99. The number of carbonyl (C=O) groups is 1. The Kier molecular flexibility index (Phi) is 3.60. The molecule has 0 fully saturated rings. The van der Waals surface area contributed by atoms with E-state index in [4.69, 9.17) is 0 Å². The highest BCUT2D eigenvalue weighted by atomic mass is 32.2. The molecule has 1 aromatic carbocycles. The van der Waals surface area contributed by atoms with Crippen LogP contribution in [0, 0.1) is 0 Å². The summed E-state index contributed by atoms with van der Waals surface area (Å²) >= 11 is 0.211. The van der Waals surface area contributed by atoms with Gasteiger partial charge in [0.15, 0.2) is 0 Å². The summed E-state index contributed by atoms with van der Waals surface area (Å²) in [5.41, 5.74) is 0.958. The normalized spacial score (nSPS) is 9.42. The topological polar surface area (TPSA) is 29.1 Å². The van der Waals surface area contributed by atoms with Crippen LogP contribution in [-0.2, 0) is 11.3 Å². The van der Waals surface area contributed by atoms with Crippen molar-refractivity contribution in [3.8, 4) is 0 Å². The second-order valence-electron chi connectivity index (χ2n) is 2.22. The number of hydrogen-bond acceptors (Lipinski definition) is 2. The Bertz CT molecular complexity index is 250. The molecule has 0 spiro atoms. The van der Waals surface area contributed by atoms with Gasteiger partial charge in [-0.25, -0.2) is 0 Å². The van der Waals surface area contributed by atoms with Crippen molar-refractivity contribution in [2.75, 3.05) is 0 Å². The molecule has 1 aromatic rings. The molecule has 1 amide bonds. The van der Waals surface area contributed by atoms with Crippen LogP contribution in [0.3, 0.4) is 0 Å². The van der Waals surface area contributed by atoms with Crippen molar-refractivity contribution in [2.45, 2.75) is 11.4 Å². The Balaban J connectivity index is 2.58. The second kappa shape index (κ2) is 4.77. The van der Waals surface area contributed by atoms with E-state index in [-0.39, 0.29) is 12.1 Å². The van der Waals surface area contributed by atoms with E-state index >= 15 is 0 Å². The van der Waals surface area contributed by atoms with Crippen LogP contribution in [0.25, 0.3) is 0 Å². The third-order valence-corrected chi connectivity index (χ3v) is 1.85. The van der Waals surface area contributed by atoms with Crippen LogP contribution in [-0.4, -0.2) is 6.41 Å². The molecule has 0 saturated heterocycles. The number of rotatable bonds is 4. The number of nitrogens with one attached hydrogen (secondary N) is 1. The van der Waals surface area contributed by atoms with Gasteiger partial charge in [0.25, 0.3) is 0 Å². The summed E-state index contributed by atoms with van der Waals surface area (Å²) in [4.78, 5) is 10.5. The van der Waals surface area contributed by atoms with Crippen LogP contribution >= 0.6 is 12.1 Å². The van der Waals surface area contributed by atoms with Crippen molar-refractivity contribution in [1.82, 2.24) is 5.32 Å². The third-order valence-electron chi connectivity index (χ3n) is 1.40. The molecule has 64 valence electrons. The first-order valence-electron chi connectivity index (χ1n) is 3.41. The molecule has 0 aliphatic heterocycles. The summed E-state index contributed by atoms with van der Waals surface area (Å²) in [6, 6.07) is 6.90. The van der Waals surface area contributed by atoms with Gasteiger partial charge in [-0.1, -0.05) is 12.1 Å². The maximum atomic E-state index is 12.0. The van der Waals surface area contributed by atoms with Gasteiger partial charge < -0.3 is 5.32 Å². The van der Waals surface area contributed by atoms with Crippen molar-refractivity contribution in [1.29, 1.82) is 0 Å². The number of amides is 1. The van der Waals surface area contributed by atoms with Crippen molar-refractivity contribution < 1.29 is 8.68 Å². The first kappa shape index (κ1) is 9.06. The van der Waals surface area contributed by atoms with Crippen LogP contribution in [0.5, 0.6) is 0 Å². The molecule has 1 N–H and O–H groups in total. The first-order chi connectivity index (χ1) is 5.86. The van der Waals surface area contributed by atoms with Crippen molar-refractivity contribution >= 4 is 18.6 Å². The van der Waals surface area contributed by atoms with Crippen molar-refractivity contribution in [2.24, 2.45) is 0 Å². The zero-order valence-electron chi connectivity index (χ0n) is 6.29. The van der Waals surface area contributed by atoms with E-state index in [2.05, 4.69) is 5.32 Å². The van der Waals surface area contributed by atoms with Crippen LogP contribution in [0.15, 0.2) is 29.2 Å². The predicted octanol–water partition coefficient (Wildman–Crippen LogP) is 1.91. The number of carbonyl (C=O) groups excluding carboxylic acids is 1. The molecule has 0 unspecified atom stereocenters. The molecular formula is C8H8FNOS. The summed E-state index contributed by atoms with van der Waals surface area (Å²) in [6.45, 7) is 0.487. The maximum Gasteiger partial charge on any atom is 0.207 e. The minimum atomic E-state index is 0.211. The highest BCUT2D eigenvalue weighted by Gasteiger charge is 1.93. The average molecular weight is 185 g/mol. The fourth-order valence-electron chi connectivity index (χ4n) is 0.818. The second-order valence-corrected chi connectivity index (χ2v) is 2.85. The molecule has 0 aliphatic rings. The molecule has 0 heterocycles. The van der Waals surface area contributed by atoms with Crippen molar-refractivity contribution in [3.05, 3.63) is 29.8 Å². The van der Waals surface area contributed by atoms with E-state index in [1.807, 2.05) is 0 Å². The lowest BCUT2D eigenvalue weighted by atomic mass is 10.2. The van der Waals surface area contributed by atoms with Gasteiger partial charge in [-0.2, -0.15) is 3.89 Å². The van der Waals surface area contributed by atoms with Gasteiger partial charge >= 0.3 is 0 Å². The summed E-state index contributed by atoms with van der Waals surface area (Å²) in [7, 11) is 0. The molecule has 4 heteroatoms. The smallest absolute Gasteiger partial charge is 0.207 e. The van der Waals surface area contributed by atoms with Crippen LogP contribution in [0.4, 0.5) is 3.89 Å². The molecular weight excluding hydrogens is 177 g/mol. The Morgan fingerprint density at radius 1 is 1.42 bits per heavy atom. The SMILES string of the molecule is O=CNCc1ccc(SF)cc1. The van der Waals surface area contributed by atoms with Gasteiger partial charge in [-0.15, -0.1) is 0 Å². The number of benzene rings is 1. The molecule has 1 rings (SSSR count). The zero-order chi connectivity index (χ0) is 8.81. The maximum absolute atomic E-state index is 12.0. The molecule has 0 saturated carbocycles. The Morgan fingerprint density at radius 3 is 2.58 bits per heavy atom. The third kappa shape index (κ3) is 2.54. The minimum Gasteiger partial charge on any atom is -0.355 e. The highest BCUT2D eigenvalue weighted by Crippen LogP contribution is 2.18. The van der Waals surface area contributed by atoms with Gasteiger partial charge in [-0.3, -0.25) is 4.79 Å². The van der Waals surface area contributed by atoms with Crippen LogP contribution < -0.4 is 5.32 Å². The van der Waals surface area contributed by atoms with E-state index in [0.717, 1.165) is 5.56 Å². The highest BCUT2D eigenvalue weighted by molar-refractivity contribution is 7.94. The molecule has 2 nitrogen and oxygen atoms in total. The number of halogens is 1. The zero-order valence-corrected chi connectivity index (χ0v) is 7.10. The van der Waals surface area contributed by atoms with Crippen molar-refractivity contribution in [3.63, 3.8) is 0 Å². The lowest BCUT2D eigenvalue weighted by Crippen LogP contribution is -2.09. The molecule has 0 aliphatic carbocycles. The first-order valence-corrected chi connectivity index (χ1v) is 4.13. The Hall–Kier alpha value is -1.03. The fraction of sp³-hybridized carbons (Fsp3) is 0.125. The van der Waals surface area contributed by atoms with Crippen LogP contribution in [0.1, 0.15) is 5.56 Å². The number of hydrogen-bond donors (Lipinski definition) is 1. The van der Waals surface area contributed by atoms with E-state index in [9.17, 15) is 8.68 Å². The van der Waals surface area contributed by atoms with E-state index < -0.39 is 0 Å². The lowest BCUT2D eigenvalue weighted by molar-refractivity contribution is -0.109. The van der Waals surface area contributed by atoms with Gasteiger partial charge in [0, 0.05) is 11.4 Å². The fourth-order valence-corrected chi connectivity index (χ4v) is 1.06. The van der Waals surface area contributed by atoms with Gasteiger partial charge in [0.05, 0.1) is 12.1 Å². The Morgan fingerprint density at radius 2 is 2.08 bits per heavy atom. The molecule has 0 bridgehead atoms. The quantitative estimate of drug-likeness (QED) is 0.726. The summed E-state index contributed by atoms with van der Waals surface area (Å²) in [5.74, 6) is 0. The largest absolute Gasteiger partial charge is 0.355 e. The Labute approximate surface area is 74.5 Å². The standard InChI is InChI=1S/C8H8FNOS/c9-12-8-3-1-7(2-4-8)5-10-6-11/h1-4,6H,5H2,(H,10,11). The van der Waals surface area contributed by atoms with Gasteiger partial charge in [-0.05, 0) is 17.7 Å². The molecule has 0 atom stereocenters. The molecule has 0 aromatic heterocycles. The van der Waals surface area contributed by atoms with E-state index in [0.29, 0.717) is 17.9 Å². The van der Waals surface area contributed by atoms with Gasteiger partial charge in [0.1, 0.15) is 0 Å². The van der Waals surface area contributed by atoms with E-state index in [1.165, 1.54) is 0 Å². The molecule has 0 radical (unpaired) electrons. The predicted molar refractivity (Wildman–Crippen MR) is 46.3 cm³/mol. The van der Waals surface area contributed by atoms with Crippen LogP contribution in [0.2, 0.25) is 0 Å². The summed E-state index contributed by atoms with van der Waals surface area (Å²) < 4.78 is 12.0. The minimum absolute atomic E-state index is 0.211. The summed E-state index contributed by atoms with van der Waals surface area (Å²) in [6.07, 6.45) is 0.637. The monoisotopic (exact) mass is 185 g/mol.